The molecule has 1 aliphatic rings. The Labute approximate surface area is 80.5 Å². The summed E-state index contributed by atoms with van der Waals surface area (Å²) in [4.78, 5) is 11.1. The van der Waals surface area contributed by atoms with E-state index in [1.807, 2.05) is 13.8 Å². The molecule has 1 heterocycles. The minimum atomic E-state index is -0.145. The maximum absolute atomic E-state index is 11.1. The van der Waals surface area contributed by atoms with E-state index in [4.69, 9.17) is 9.47 Å². The lowest BCUT2D eigenvalue weighted by atomic mass is 10.1. The van der Waals surface area contributed by atoms with E-state index >= 15 is 0 Å². The number of ether oxygens (including phenoxy) is 2. The Hall–Kier alpha value is -0.0900. The lowest BCUT2D eigenvalue weighted by Crippen LogP contribution is -2.37. The molecule has 1 rings (SSSR count). The summed E-state index contributed by atoms with van der Waals surface area (Å²) < 4.78 is 9.79. The van der Waals surface area contributed by atoms with Crippen molar-refractivity contribution < 1.29 is 14.3 Å². The lowest BCUT2D eigenvalue weighted by molar-refractivity contribution is -0.163. The molecule has 12 heavy (non-hydrogen) atoms. The minimum Gasteiger partial charge on any atom is -0.464 e. The molecule has 0 N–H and O–H groups in total. The zero-order chi connectivity index (χ0) is 9.19. The summed E-state index contributed by atoms with van der Waals surface area (Å²) in [6.45, 7) is 5.35. The standard InChI is InChI=1S/C8H13BrO3/c1-8(2,9)5-12-7(10)6-3-11-4-6/h6H,3-5H2,1-2H3. The van der Waals surface area contributed by atoms with E-state index in [2.05, 4.69) is 15.9 Å². The second kappa shape index (κ2) is 3.75. The smallest absolute Gasteiger partial charge is 0.313 e. The van der Waals surface area contributed by atoms with Crippen LogP contribution in [0.1, 0.15) is 13.8 Å². The number of alkyl halides is 1. The fourth-order valence-corrected chi connectivity index (χ4v) is 0.847. The molecule has 0 atom stereocenters. The van der Waals surface area contributed by atoms with Gasteiger partial charge in [-0.25, -0.2) is 0 Å². The number of carbonyl (C=O) groups is 1. The first-order valence-corrected chi connectivity index (χ1v) is 4.71. The number of halogens is 1. The Morgan fingerprint density at radius 3 is 2.58 bits per heavy atom. The minimum absolute atomic E-state index is 0.0279. The summed E-state index contributed by atoms with van der Waals surface area (Å²) in [6.07, 6.45) is 0. The summed E-state index contributed by atoms with van der Waals surface area (Å²) in [5.74, 6) is -0.173. The van der Waals surface area contributed by atoms with E-state index in [1.54, 1.807) is 0 Å². The van der Waals surface area contributed by atoms with Crippen molar-refractivity contribution in [3.8, 4) is 0 Å². The summed E-state index contributed by atoms with van der Waals surface area (Å²) in [5.41, 5.74) is 0. The van der Waals surface area contributed by atoms with Gasteiger partial charge in [0.05, 0.1) is 17.5 Å². The van der Waals surface area contributed by atoms with E-state index in [-0.39, 0.29) is 16.2 Å². The van der Waals surface area contributed by atoms with Crippen LogP contribution < -0.4 is 0 Å². The molecule has 0 radical (unpaired) electrons. The van der Waals surface area contributed by atoms with Crippen molar-refractivity contribution in [1.82, 2.24) is 0 Å². The fraction of sp³-hybridized carbons (Fsp3) is 0.875. The van der Waals surface area contributed by atoms with Gasteiger partial charge in [0.15, 0.2) is 0 Å². The molecule has 0 amide bonds. The third-order valence-electron chi connectivity index (χ3n) is 1.53. The average Bonchev–Trinajstić information content (AvgIpc) is 1.78. The van der Waals surface area contributed by atoms with Gasteiger partial charge in [0.25, 0.3) is 0 Å². The molecule has 0 aromatic rings. The molecule has 1 saturated heterocycles. The Bertz CT molecular complexity index is 170. The molecule has 0 saturated carbocycles. The van der Waals surface area contributed by atoms with Crippen LogP contribution in [0, 0.1) is 5.92 Å². The molecule has 0 aliphatic carbocycles. The largest absolute Gasteiger partial charge is 0.464 e. The average molecular weight is 237 g/mol. The van der Waals surface area contributed by atoms with E-state index in [1.165, 1.54) is 0 Å². The molecule has 0 spiro atoms. The Morgan fingerprint density at radius 2 is 2.25 bits per heavy atom. The lowest BCUT2D eigenvalue weighted by Gasteiger charge is -2.25. The molecule has 3 nitrogen and oxygen atoms in total. The quantitative estimate of drug-likeness (QED) is 0.549. The van der Waals surface area contributed by atoms with Gasteiger partial charge in [0, 0.05) is 0 Å². The van der Waals surface area contributed by atoms with Gasteiger partial charge in [-0.05, 0) is 13.8 Å². The highest BCUT2D eigenvalue weighted by atomic mass is 79.9. The molecule has 70 valence electrons. The molecule has 1 aliphatic heterocycles. The number of hydrogen-bond donors (Lipinski definition) is 0. The first-order valence-electron chi connectivity index (χ1n) is 3.92. The third-order valence-corrected chi connectivity index (χ3v) is 1.76. The summed E-state index contributed by atoms with van der Waals surface area (Å²) in [7, 11) is 0. The van der Waals surface area contributed by atoms with Crippen LogP contribution in [-0.4, -0.2) is 30.1 Å². The van der Waals surface area contributed by atoms with Gasteiger partial charge in [0.2, 0.25) is 0 Å². The van der Waals surface area contributed by atoms with Gasteiger partial charge in [-0.1, -0.05) is 15.9 Å². The topological polar surface area (TPSA) is 35.5 Å². The van der Waals surface area contributed by atoms with E-state index in [0.717, 1.165) is 0 Å². The van der Waals surface area contributed by atoms with Crippen LogP contribution in [0.25, 0.3) is 0 Å². The number of carbonyl (C=O) groups excluding carboxylic acids is 1. The number of hydrogen-bond acceptors (Lipinski definition) is 3. The Balaban J connectivity index is 2.18. The predicted molar refractivity (Wildman–Crippen MR) is 48.3 cm³/mol. The molecular weight excluding hydrogens is 224 g/mol. The molecule has 0 aromatic carbocycles. The fourth-order valence-electron chi connectivity index (χ4n) is 0.732. The molecule has 0 aromatic heterocycles. The van der Waals surface area contributed by atoms with Gasteiger partial charge < -0.3 is 9.47 Å². The zero-order valence-corrected chi connectivity index (χ0v) is 8.89. The monoisotopic (exact) mass is 236 g/mol. The Kier molecular flexibility index (Phi) is 3.12. The van der Waals surface area contributed by atoms with Crippen LogP contribution in [0.4, 0.5) is 0 Å². The van der Waals surface area contributed by atoms with Crippen molar-refractivity contribution in [3.63, 3.8) is 0 Å². The molecule has 4 heteroatoms. The van der Waals surface area contributed by atoms with Crippen LogP contribution in [0.3, 0.4) is 0 Å². The first-order chi connectivity index (χ1) is 5.49. The Morgan fingerprint density at radius 1 is 1.67 bits per heavy atom. The van der Waals surface area contributed by atoms with Gasteiger partial charge in [-0.2, -0.15) is 0 Å². The van der Waals surface area contributed by atoms with E-state index in [9.17, 15) is 4.79 Å². The second-order valence-corrected chi connectivity index (χ2v) is 5.71. The second-order valence-electron chi connectivity index (χ2n) is 3.56. The first kappa shape index (κ1) is 9.99. The summed E-state index contributed by atoms with van der Waals surface area (Å²) in [5, 5.41) is 0. The highest BCUT2D eigenvalue weighted by Crippen LogP contribution is 2.18. The van der Waals surface area contributed by atoms with Gasteiger partial charge in [-0.15, -0.1) is 0 Å². The van der Waals surface area contributed by atoms with Crippen molar-refractivity contribution in [1.29, 1.82) is 0 Å². The van der Waals surface area contributed by atoms with E-state index in [0.29, 0.717) is 19.8 Å². The normalized spacial score (nSPS) is 18.6. The SMILES string of the molecule is CC(C)(Br)COC(=O)C1COC1. The van der Waals surface area contributed by atoms with Crippen LogP contribution in [-0.2, 0) is 14.3 Å². The molecule has 0 bridgehead atoms. The molecule has 1 fully saturated rings. The van der Waals surface area contributed by atoms with Crippen molar-refractivity contribution in [2.24, 2.45) is 5.92 Å². The van der Waals surface area contributed by atoms with Crippen LogP contribution in [0.5, 0.6) is 0 Å². The third kappa shape index (κ3) is 3.11. The maximum atomic E-state index is 11.1. The van der Waals surface area contributed by atoms with Gasteiger partial charge in [0.1, 0.15) is 12.5 Å². The van der Waals surface area contributed by atoms with Crippen LogP contribution in [0.15, 0.2) is 0 Å². The summed E-state index contributed by atoms with van der Waals surface area (Å²) in [6, 6.07) is 0. The van der Waals surface area contributed by atoms with Crippen molar-refractivity contribution in [2.75, 3.05) is 19.8 Å². The van der Waals surface area contributed by atoms with Crippen molar-refractivity contribution >= 4 is 21.9 Å². The highest BCUT2D eigenvalue weighted by Gasteiger charge is 2.29. The van der Waals surface area contributed by atoms with Gasteiger partial charge in [-0.3, -0.25) is 4.79 Å². The summed E-state index contributed by atoms with van der Waals surface area (Å²) >= 11 is 3.39. The maximum Gasteiger partial charge on any atom is 0.313 e. The number of rotatable bonds is 3. The van der Waals surface area contributed by atoms with Crippen molar-refractivity contribution in [2.45, 2.75) is 18.2 Å². The molecule has 0 unspecified atom stereocenters. The highest BCUT2D eigenvalue weighted by molar-refractivity contribution is 9.10. The van der Waals surface area contributed by atoms with Crippen molar-refractivity contribution in [3.05, 3.63) is 0 Å². The van der Waals surface area contributed by atoms with Crippen LogP contribution >= 0.6 is 15.9 Å². The van der Waals surface area contributed by atoms with Gasteiger partial charge >= 0.3 is 5.97 Å². The molecular formula is C8H13BrO3. The van der Waals surface area contributed by atoms with E-state index < -0.39 is 0 Å². The van der Waals surface area contributed by atoms with Crippen LogP contribution in [0.2, 0.25) is 0 Å². The number of esters is 1. The predicted octanol–water partition coefficient (Wildman–Crippen LogP) is 1.35. The zero-order valence-electron chi connectivity index (χ0n) is 7.30.